The Kier molecular flexibility index (Phi) is 4.24. The molecule has 16 heavy (non-hydrogen) atoms. The van der Waals surface area contributed by atoms with Crippen LogP contribution in [0.5, 0.6) is 0 Å². The lowest BCUT2D eigenvalue weighted by Crippen LogP contribution is -2.36. The van der Waals surface area contributed by atoms with Gasteiger partial charge in [-0.3, -0.25) is 0 Å². The third kappa shape index (κ3) is 2.97. The zero-order valence-electron chi connectivity index (χ0n) is 8.84. The van der Waals surface area contributed by atoms with E-state index in [1.807, 2.05) is 12.1 Å². The van der Waals surface area contributed by atoms with Crippen LogP contribution >= 0.6 is 27.7 Å². The fourth-order valence-electron chi connectivity index (χ4n) is 1.62. The summed E-state index contributed by atoms with van der Waals surface area (Å²) >= 11 is 5.01. The maximum Gasteiger partial charge on any atom is 0.111 e. The number of pyridine rings is 1. The van der Waals surface area contributed by atoms with Crippen molar-refractivity contribution in [1.82, 2.24) is 4.98 Å². The van der Waals surface area contributed by atoms with Gasteiger partial charge in [0.1, 0.15) is 5.03 Å². The summed E-state index contributed by atoms with van der Waals surface area (Å²) in [5.74, 6) is 0.590. The van der Waals surface area contributed by atoms with Gasteiger partial charge in [0, 0.05) is 22.0 Å². The first-order chi connectivity index (χ1) is 7.72. The molecule has 0 aliphatic heterocycles. The standard InChI is InChI=1S/C11H15BrN2OS/c12-8-2-1-5-14-11(8)16-9(6-15)10(13)7-3-4-7/h1-2,5,7,9-10,15H,3-4,6,13H2. The van der Waals surface area contributed by atoms with E-state index in [-0.39, 0.29) is 17.9 Å². The summed E-state index contributed by atoms with van der Waals surface area (Å²) in [7, 11) is 0. The van der Waals surface area contributed by atoms with Crippen molar-refractivity contribution in [3.63, 3.8) is 0 Å². The summed E-state index contributed by atoms with van der Waals surface area (Å²) in [4.78, 5) is 4.28. The lowest BCUT2D eigenvalue weighted by atomic mass is 10.1. The van der Waals surface area contributed by atoms with Gasteiger partial charge in [-0.1, -0.05) is 11.8 Å². The van der Waals surface area contributed by atoms with E-state index in [1.54, 1.807) is 18.0 Å². The van der Waals surface area contributed by atoms with Crippen LogP contribution in [-0.2, 0) is 0 Å². The minimum atomic E-state index is 0.0405. The molecule has 1 aromatic rings. The highest BCUT2D eigenvalue weighted by Gasteiger charge is 2.34. The van der Waals surface area contributed by atoms with Crippen molar-refractivity contribution in [2.24, 2.45) is 11.7 Å². The van der Waals surface area contributed by atoms with Crippen LogP contribution in [0.2, 0.25) is 0 Å². The van der Waals surface area contributed by atoms with Crippen molar-refractivity contribution < 1.29 is 5.11 Å². The molecule has 5 heteroatoms. The third-order valence-electron chi connectivity index (χ3n) is 2.76. The van der Waals surface area contributed by atoms with E-state index in [0.717, 1.165) is 9.50 Å². The molecule has 0 saturated heterocycles. The van der Waals surface area contributed by atoms with E-state index in [0.29, 0.717) is 5.92 Å². The Morgan fingerprint density at radius 3 is 2.94 bits per heavy atom. The fraction of sp³-hybridized carbons (Fsp3) is 0.545. The first-order valence-electron chi connectivity index (χ1n) is 5.36. The molecular formula is C11H15BrN2OS. The third-order valence-corrected chi connectivity index (χ3v) is 4.98. The van der Waals surface area contributed by atoms with Crippen LogP contribution in [0.1, 0.15) is 12.8 Å². The monoisotopic (exact) mass is 302 g/mol. The maximum absolute atomic E-state index is 9.38. The molecule has 1 saturated carbocycles. The SMILES string of the molecule is NC(C1CC1)C(CO)Sc1ncccc1Br. The van der Waals surface area contributed by atoms with Crippen molar-refractivity contribution in [3.8, 4) is 0 Å². The minimum absolute atomic E-state index is 0.0405. The van der Waals surface area contributed by atoms with Gasteiger partial charge in [0.2, 0.25) is 0 Å². The van der Waals surface area contributed by atoms with Crippen LogP contribution in [0.25, 0.3) is 0 Å². The number of thioether (sulfide) groups is 1. The Morgan fingerprint density at radius 2 is 2.38 bits per heavy atom. The Hall–Kier alpha value is -0.100. The second-order valence-electron chi connectivity index (χ2n) is 4.04. The summed E-state index contributed by atoms with van der Waals surface area (Å²) in [6.45, 7) is 0.103. The number of aliphatic hydroxyl groups excluding tert-OH is 1. The van der Waals surface area contributed by atoms with Crippen LogP contribution in [0.4, 0.5) is 0 Å². The Labute approximate surface area is 108 Å². The van der Waals surface area contributed by atoms with Gasteiger partial charge in [-0.25, -0.2) is 4.98 Å². The number of aliphatic hydroxyl groups is 1. The van der Waals surface area contributed by atoms with Crippen LogP contribution in [0.15, 0.2) is 27.8 Å². The number of hydrogen-bond acceptors (Lipinski definition) is 4. The number of rotatable bonds is 5. The van der Waals surface area contributed by atoms with Crippen LogP contribution in [-0.4, -0.2) is 28.0 Å². The molecule has 1 fully saturated rings. The molecule has 88 valence electrons. The van der Waals surface area contributed by atoms with Gasteiger partial charge in [0.25, 0.3) is 0 Å². The highest BCUT2D eigenvalue weighted by molar-refractivity contribution is 9.10. The fourth-order valence-corrected chi connectivity index (χ4v) is 3.20. The van der Waals surface area contributed by atoms with Gasteiger partial charge in [0.15, 0.2) is 0 Å². The zero-order valence-corrected chi connectivity index (χ0v) is 11.2. The number of nitrogens with two attached hydrogens (primary N) is 1. The summed E-state index contributed by atoms with van der Waals surface area (Å²) in [5, 5.41) is 10.3. The largest absolute Gasteiger partial charge is 0.395 e. The lowest BCUT2D eigenvalue weighted by Gasteiger charge is -2.20. The Balaban J connectivity index is 2.03. The second-order valence-corrected chi connectivity index (χ2v) is 6.13. The zero-order chi connectivity index (χ0) is 11.5. The molecule has 1 aromatic heterocycles. The van der Waals surface area contributed by atoms with E-state index in [4.69, 9.17) is 5.73 Å². The topological polar surface area (TPSA) is 59.1 Å². The molecule has 3 nitrogen and oxygen atoms in total. The predicted octanol–water partition coefficient (Wildman–Crippen LogP) is 2.03. The highest BCUT2D eigenvalue weighted by Crippen LogP contribution is 2.38. The van der Waals surface area contributed by atoms with Gasteiger partial charge in [-0.2, -0.15) is 0 Å². The maximum atomic E-state index is 9.38. The first kappa shape index (κ1) is 12.4. The van der Waals surface area contributed by atoms with Crippen molar-refractivity contribution in [3.05, 3.63) is 22.8 Å². The number of hydrogen-bond donors (Lipinski definition) is 2. The smallest absolute Gasteiger partial charge is 0.111 e. The van der Waals surface area contributed by atoms with Gasteiger partial charge >= 0.3 is 0 Å². The Morgan fingerprint density at radius 1 is 1.62 bits per heavy atom. The number of nitrogens with zero attached hydrogens (tertiary/aromatic N) is 1. The van der Waals surface area contributed by atoms with E-state index < -0.39 is 0 Å². The predicted molar refractivity (Wildman–Crippen MR) is 69.4 cm³/mol. The lowest BCUT2D eigenvalue weighted by molar-refractivity contribution is 0.277. The molecule has 0 radical (unpaired) electrons. The molecule has 0 aromatic carbocycles. The summed E-state index contributed by atoms with van der Waals surface area (Å²) < 4.78 is 0.960. The van der Waals surface area contributed by atoms with E-state index in [2.05, 4.69) is 20.9 Å². The molecule has 1 heterocycles. The second kappa shape index (κ2) is 5.49. The quantitative estimate of drug-likeness (QED) is 0.817. The molecule has 0 bridgehead atoms. The molecule has 2 rings (SSSR count). The van der Waals surface area contributed by atoms with Crippen molar-refractivity contribution in [2.45, 2.75) is 29.2 Å². The molecular weight excluding hydrogens is 288 g/mol. The summed E-state index contributed by atoms with van der Waals surface area (Å²) in [6.07, 6.45) is 4.15. The Bertz CT molecular complexity index is 360. The molecule has 0 spiro atoms. The van der Waals surface area contributed by atoms with E-state index in [1.165, 1.54) is 12.8 Å². The van der Waals surface area contributed by atoms with Gasteiger partial charge in [-0.15, -0.1) is 0 Å². The highest BCUT2D eigenvalue weighted by atomic mass is 79.9. The van der Waals surface area contributed by atoms with Crippen LogP contribution in [0.3, 0.4) is 0 Å². The van der Waals surface area contributed by atoms with E-state index >= 15 is 0 Å². The normalized spacial score (nSPS) is 19.4. The van der Waals surface area contributed by atoms with E-state index in [9.17, 15) is 5.11 Å². The molecule has 2 atom stereocenters. The van der Waals surface area contributed by atoms with Crippen molar-refractivity contribution in [1.29, 1.82) is 0 Å². The van der Waals surface area contributed by atoms with Crippen LogP contribution in [0, 0.1) is 5.92 Å². The molecule has 0 amide bonds. The number of halogens is 1. The number of aromatic nitrogens is 1. The van der Waals surface area contributed by atoms with Crippen molar-refractivity contribution >= 4 is 27.7 Å². The van der Waals surface area contributed by atoms with Crippen molar-refractivity contribution in [2.75, 3.05) is 6.61 Å². The average Bonchev–Trinajstić information content (AvgIpc) is 3.11. The summed E-state index contributed by atoms with van der Waals surface area (Å²) in [6, 6.07) is 3.90. The first-order valence-corrected chi connectivity index (χ1v) is 7.03. The molecule has 3 N–H and O–H groups in total. The average molecular weight is 303 g/mol. The summed E-state index contributed by atoms with van der Waals surface area (Å²) in [5.41, 5.74) is 6.11. The van der Waals surface area contributed by atoms with Gasteiger partial charge in [0.05, 0.1) is 6.61 Å². The van der Waals surface area contributed by atoms with Crippen LogP contribution < -0.4 is 5.73 Å². The van der Waals surface area contributed by atoms with Gasteiger partial charge < -0.3 is 10.8 Å². The molecule has 1 aliphatic rings. The molecule has 2 unspecified atom stereocenters. The minimum Gasteiger partial charge on any atom is -0.395 e. The molecule has 1 aliphatic carbocycles. The van der Waals surface area contributed by atoms with Gasteiger partial charge in [-0.05, 0) is 46.8 Å².